The van der Waals surface area contributed by atoms with E-state index < -0.39 is 22.0 Å². The number of hydrogen-bond acceptors (Lipinski definition) is 5. The Balaban J connectivity index is 1.42. The molecule has 0 unspecified atom stereocenters. The Labute approximate surface area is 204 Å². The average molecular weight is 491 g/mol. The lowest BCUT2D eigenvalue weighted by atomic mass is 10.0. The monoisotopic (exact) mass is 490 g/mol. The van der Waals surface area contributed by atoms with Crippen molar-refractivity contribution in [2.75, 3.05) is 0 Å². The second-order valence-corrected chi connectivity index (χ2v) is 10.2. The summed E-state index contributed by atoms with van der Waals surface area (Å²) in [5.74, 6) is -1.04. The van der Waals surface area contributed by atoms with Gasteiger partial charge in [-0.3, -0.25) is 4.79 Å². The maximum atomic E-state index is 12.6. The van der Waals surface area contributed by atoms with Gasteiger partial charge in [0.15, 0.2) is 0 Å². The fraction of sp³-hybridized carbons (Fsp3) is 0.185. The summed E-state index contributed by atoms with van der Waals surface area (Å²) in [6, 6.07) is 24.6. The number of sulfonamides is 1. The molecule has 7 nitrogen and oxygen atoms in total. The highest BCUT2D eigenvalue weighted by Gasteiger charge is 2.27. The lowest BCUT2D eigenvalue weighted by Crippen LogP contribution is -2.44. The molecule has 0 saturated heterocycles. The van der Waals surface area contributed by atoms with E-state index in [4.69, 9.17) is 4.74 Å². The molecule has 180 valence electrons. The maximum absolute atomic E-state index is 12.6. The van der Waals surface area contributed by atoms with Crippen LogP contribution in [0.15, 0.2) is 89.8 Å². The largest absolute Gasteiger partial charge is 0.480 e. The fourth-order valence-corrected chi connectivity index (χ4v) is 4.95. The number of nitrogens with one attached hydrogen (secondary N) is 1. The smallest absolute Gasteiger partial charge is 0.322 e. The third-order valence-electron chi connectivity index (χ3n) is 5.63. The molecule has 4 rings (SSSR count). The summed E-state index contributed by atoms with van der Waals surface area (Å²) in [6.45, 7) is 3.67. The molecule has 8 heteroatoms. The van der Waals surface area contributed by atoms with Gasteiger partial charge in [-0.05, 0) is 46.9 Å². The van der Waals surface area contributed by atoms with E-state index in [0.29, 0.717) is 12.5 Å². The second-order valence-electron chi connectivity index (χ2n) is 8.53. The van der Waals surface area contributed by atoms with Gasteiger partial charge in [0.1, 0.15) is 12.6 Å². The van der Waals surface area contributed by atoms with Crippen LogP contribution in [0, 0.1) is 5.92 Å². The molecular weight excluding hydrogens is 464 g/mol. The van der Waals surface area contributed by atoms with Crippen LogP contribution < -0.4 is 9.46 Å². The number of para-hydroxylation sites is 1. The number of carbonyl (C=O) groups is 1. The van der Waals surface area contributed by atoms with Gasteiger partial charge >= 0.3 is 5.97 Å². The number of aromatic nitrogens is 1. The predicted molar refractivity (Wildman–Crippen MR) is 135 cm³/mol. The minimum atomic E-state index is -3.96. The third kappa shape index (κ3) is 5.85. The molecule has 0 aliphatic rings. The highest BCUT2D eigenvalue weighted by Crippen LogP contribution is 2.23. The van der Waals surface area contributed by atoms with Crippen LogP contribution in [-0.4, -0.2) is 30.5 Å². The minimum absolute atomic E-state index is 0.0149. The van der Waals surface area contributed by atoms with E-state index >= 15 is 0 Å². The van der Waals surface area contributed by atoms with Crippen LogP contribution in [0.4, 0.5) is 0 Å². The first-order valence-corrected chi connectivity index (χ1v) is 12.6. The number of aliphatic carboxylic acids is 1. The number of fused-ring (bicyclic) bond motifs is 1. The van der Waals surface area contributed by atoms with Crippen molar-refractivity contribution >= 4 is 26.9 Å². The van der Waals surface area contributed by atoms with Crippen LogP contribution in [0.5, 0.6) is 5.88 Å². The number of pyridine rings is 1. The van der Waals surface area contributed by atoms with Gasteiger partial charge in [-0.2, -0.15) is 4.72 Å². The zero-order chi connectivity index (χ0) is 25.0. The Kier molecular flexibility index (Phi) is 7.14. The van der Waals surface area contributed by atoms with Crippen molar-refractivity contribution in [3.05, 3.63) is 90.5 Å². The van der Waals surface area contributed by atoms with Crippen molar-refractivity contribution in [2.24, 2.45) is 5.92 Å². The molecule has 0 aliphatic heterocycles. The third-order valence-corrected chi connectivity index (χ3v) is 7.08. The fourth-order valence-electron chi connectivity index (χ4n) is 3.61. The van der Waals surface area contributed by atoms with Crippen molar-refractivity contribution in [2.45, 2.75) is 31.4 Å². The minimum Gasteiger partial charge on any atom is -0.480 e. The molecule has 0 radical (unpaired) electrons. The zero-order valence-corrected chi connectivity index (χ0v) is 20.2. The van der Waals surface area contributed by atoms with E-state index in [2.05, 4.69) is 9.71 Å². The molecule has 2 N–H and O–H groups in total. The molecule has 0 saturated carbocycles. The second kappa shape index (κ2) is 10.2. The summed E-state index contributed by atoms with van der Waals surface area (Å²) < 4.78 is 33.3. The van der Waals surface area contributed by atoms with Gasteiger partial charge in [0.05, 0.1) is 10.4 Å². The summed E-state index contributed by atoms with van der Waals surface area (Å²) in [4.78, 5) is 15.9. The number of rotatable bonds is 9. The van der Waals surface area contributed by atoms with Crippen LogP contribution in [-0.2, 0) is 21.4 Å². The van der Waals surface area contributed by atoms with Crippen molar-refractivity contribution in [3.8, 4) is 17.0 Å². The molecule has 1 heterocycles. The van der Waals surface area contributed by atoms with Gasteiger partial charge in [0.2, 0.25) is 15.9 Å². The highest BCUT2D eigenvalue weighted by atomic mass is 32.2. The van der Waals surface area contributed by atoms with Gasteiger partial charge in [0.25, 0.3) is 0 Å². The van der Waals surface area contributed by atoms with E-state index in [1.54, 1.807) is 26.0 Å². The average Bonchev–Trinajstić information content (AvgIpc) is 2.86. The number of nitrogens with zero attached hydrogens (tertiary/aromatic N) is 1. The summed E-state index contributed by atoms with van der Waals surface area (Å²) in [5.41, 5.74) is 3.61. The molecular formula is C27H26N2O5S. The SMILES string of the molecule is CC(C)[C@@H](NS(=O)(=O)c1ccc(-c2ccc(COc3ccc4ccccc4n3)cc2)cc1)C(=O)O. The number of benzene rings is 3. The van der Waals surface area contributed by atoms with Crippen molar-refractivity contribution < 1.29 is 23.1 Å². The Hall–Kier alpha value is -3.75. The van der Waals surface area contributed by atoms with Crippen LogP contribution in [0.2, 0.25) is 0 Å². The van der Waals surface area contributed by atoms with Gasteiger partial charge in [-0.1, -0.05) is 68.4 Å². The summed E-state index contributed by atoms with van der Waals surface area (Å²) >= 11 is 0. The van der Waals surface area contributed by atoms with Crippen LogP contribution in [0.1, 0.15) is 19.4 Å². The molecule has 0 amide bonds. The van der Waals surface area contributed by atoms with Crippen LogP contribution >= 0.6 is 0 Å². The number of hydrogen-bond donors (Lipinski definition) is 2. The van der Waals surface area contributed by atoms with Crippen LogP contribution in [0.25, 0.3) is 22.0 Å². The summed E-state index contributed by atoms with van der Waals surface area (Å²) in [7, 11) is -3.96. The first-order valence-electron chi connectivity index (χ1n) is 11.2. The van der Waals surface area contributed by atoms with E-state index in [9.17, 15) is 18.3 Å². The zero-order valence-electron chi connectivity index (χ0n) is 19.4. The van der Waals surface area contributed by atoms with Crippen molar-refractivity contribution in [1.82, 2.24) is 9.71 Å². The topological polar surface area (TPSA) is 106 Å². The number of carboxylic acids is 1. The molecule has 4 aromatic rings. The lowest BCUT2D eigenvalue weighted by Gasteiger charge is -2.18. The predicted octanol–water partition coefficient (Wildman–Crippen LogP) is 4.87. The number of carboxylic acid groups (broad SMARTS) is 1. The Morgan fingerprint density at radius 1 is 0.914 bits per heavy atom. The quantitative estimate of drug-likeness (QED) is 0.347. The Morgan fingerprint density at radius 3 is 2.17 bits per heavy atom. The molecule has 1 atom stereocenters. The van der Waals surface area contributed by atoms with Crippen molar-refractivity contribution in [1.29, 1.82) is 0 Å². The first kappa shape index (κ1) is 24.4. The van der Waals surface area contributed by atoms with E-state index in [1.165, 1.54) is 12.1 Å². The molecule has 0 spiro atoms. The molecule has 1 aromatic heterocycles. The van der Waals surface area contributed by atoms with E-state index in [-0.39, 0.29) is 10.8 Å². The number of ether oxygens (including phenoxy) is 1. The Morgan fingerprint density at radius 2 is 1.54 bits per heavy atom. The highest BCUT2D eigenvalue weighted by molar-refractivity contribution is 7.89. The van der Waals surface area contributed by atoms with E-state index in [0.717, 1.165) is 27.6 Å². The normalized spacial score (nSPS) is 12.5. The maximum Gasteiger partial charge on any atom is 0.322 e. The van der Waals surface area contributed by atoms with E-state index in [1.807, 2.05) is 60.7 Å². The lowest BCUT2D eigenvalue weighted by molar-refractivity contribution is -0.140. The van der Waals surface area contributed by atoms with Crippen molar-refractivity contribution in [3.63, 3.8) is 0 Å². The molecule has 0 bridgehead atoms. The van der Waals surface area contributed by atoms with Crippen LogP contribution in [0.3, 0.4) is 0 Å². The molecule has 0 fully saturated rings. The first-order chi connectivity index (χ1) is 16.7. The Bertz CT molecular complexity index is 1430. The van der Waals surface area contributed by atoms with Gasteiger partial charge in [0, 0.05) is 11.5 Å². The summed E-state index contributed by atoms with van der Waals surface area (Å²) in [6.07, 6.45) is 0. The molecule has 0 aliphatic carbocycles. The van der Waals surface area contributed by atoms with Gasteiger partial charge < -0.3 is 9.84 Å². The summed E-state index contributed by atoms with van der Waals surface area (Å²) in [5, 5.41) is 10.3. The standard InChI is InChI=1S/C27H26N2O5S/c1-18(2)26(27(30)31)29-35(32,33)23-14-11-21(12-15-23)20-9-7-19(8-10-20)17-34-25-16-13-22-5-3-4-6-24(22)28-25/h3-16,18,26,29H,17H2,1-2H3,(H,30,31)/t26-/m1/s1. The van der Waals surface area contributed by atoms with Gasteiger partial charge in [-0.15, -0.1) is 0 Å². The van der Waals surface area contributed by atoms with Gasteiger partial charge in [-0.25, -0.2) is 13.4 Å². The molecule has 3 aromatic carbocycles. The molecule has 35 heavy (non-hydrogen) atoms.